The van der Waals surface area contributed by atoms with Gasteiger partial charge in [0.2, 0.25) is 0 Å². The highest BCUT2D eigenvalue weighted by Crippen LogP contribution is 2.33. The van der Waals surface area contributed by atoms with E-state index >= 15 is 0 Å². The summed E-state index contributed by atoms with van der Waals surface area (Å²) in [4.78, 5) is 10.6. The highest BCUT2D eigenvalue weighted by Gasteiger charge is 2.25. The normalized spacial score (nSPS) is 20.9. The van der Waals surface area contributed by atoms with Crippen LogP contribution in [0.5, 0.6) is 0 Å². The number of hydrogen-bond donors (Lipinski definition) is 0. The topological polar surface area (TPSA) is 47.2 Å². The third-order valence-electron chi connectivity index (χ3n) is 2.80. The van der Waals surface area contributed by atoms with Crippen molar-refractivity contribution in [2.24, 2.45) is 5.18 Å². The molecule has 0 fully saturated rings. The van der Waals surface area contributed by atoms with Gasteiger partial charge in [0.15, 0.2) is 0 Å². The molecule has 1 unspecified atom stereocenters. The molecule has 1 atom stereocenters. The first kappa shape index (κ1) is 9.37. The Morgan fingerprint density at radius 1 is 1.64 bits per heavy atom. The first-order valence-electron chi connectivity index (χ1n) is 5.12. The van der Waals surface area contributed by atoms with Crippen molar-refractivity contribution in [1.29, 1.82) is 0 Å². The van der Waals surface area contributed by atoms with Gasteiger partial charge >= 0.3 is 0 Å². The first-order chi connectivity index (χ1) is 6.74. The van der Waals surface area contributed by atoms with Gasteiger partial charge < -0.3 is 0 Å². The van der Waals surface area contributed by atoms with Gasteiger partial charge in [0.1, 0.15) is 6.04 Å². The van der Waals surface area contributed by atoms with Gasteiger partial charge in [-0.2, -0.15) is 10.0 Å². The smallest absolute Gasteiger partial charge is 0.120 e. The zero-order valence-corrected chi connectivity index (χ0v) is 8.60. The fraction of sp³-hybridized carbons (Fsp3) is 0.700. The molecular weight excluding hydrogens is 178 g/mol. The number of rotatable bonds is 2. The number of nitrogens with zero attached hydrogens (tertiary/aromatic N) is 3. The molecule has 0 aliphatic heterocycles. The Balaban J connectivity index is 2.42. The lowest BCUT2D eigenvalue weighted by Gasteiger charge is -2.19. The Kier molecular flexibility index (Phi) is 2.35. The molecule has 0 N–H and O–H groups in total. The lowest BCUT2D eigenvalue weighted by molar-refractivity contribution is 0.480. The monoisotopic (exact) mass is 193 g/mol. The fourth-order valence-electron chi connectivity index (χ4n) is 2.11. The number of hydrogen-bond acceptors (Lipinski definition) is 3. The molecule has 1 aliphatic carbocycles. The highest BCUT2D eigenvalue weighted by atomic mass is 16.3. The summed E-state index contributed by atoms with van der Waals surface area (Å²) in [6.45, 7) is 4.20. The van der Waals surface area contributed by atoms with Crippen molar-refractivity contribution in [3.8, 4) is 0 Å². The Labute approximate surface area is 83.3 Å². The minimum Gasteiger partial charge on any atom is -0.267 e. The minimum atomic E-state index is -0.161. The summed E-state index contributed by atoms with van der Waals surface area (Å²) in [5, 5.41) is 7.47. The van der Waals surface area contributed by atoms with E-state index in [1.165, 1.54) is 5.69 Å². The molecule has 1 aromatic heterocycles. The molecule has 0 aromatic carbocycles. The molecule has 1 aliphatic rings. The highest BCUT2D eigenvalue weighted by molar-refractivity contribution is 5.25. The third kappa shape index (κ3) is 1.35. The van der Waals surface area contributed by atoms with Gasteiger partial charge in [-0.1, -0.05) is 5.18 Å². The molecule has 0 spiro atoms. The molecular formula is C10H15N3O. The van der Waals surface area contributed by atoms with Crippen LogP contribution in [0.1, 0.15) is 50.0 Å². The fourth-order valence-corrected chi connectivity index (χ4v) is 2.11. The van der Waals surface area contributed by atoms with Crippen molar-refractivity contribution in [3.05, 3.63) is 22.4 Å². The van der Waals surface area contributed by atoms with Crippen molar-refractivity contribution >= 4 is 0 Å². The minimum absolute atomic E-state index is 0.161. The maximum Gasteiger partial charge on any atom is 0.120 e. The van der Waals surface area contributed by atoms with Gasteiger partial charge in [-0.15, -0.1) is 0 Å². The van der Waals surface area contributed by atoms with E-state index in [0.29, 0.717) is 6.04 Å². The zero-order chi connectivity index (χ0) is 10.1. The SMILES string of the molecule is CC(C)n1ncc2c1CCCC2N=O. The van der Waals surface area contributed by atoms with Crippen molar-refractivity contribution < 1.29 is 0 Å². The van der Waals surface area contributed by atoms with Gasteiger partial charge in [0, 0.05) is 17.3 Å². The second kappa shape index (κ2) is 3.52. The molecule has 0 bridgehead atoms. The Morgan fingerprint density at radius 2 is 2.43 bits per heavy atom. The van der Waals surface area contributed by atoms with Crippen molar-refractivity contribution in [2.75, 3.05) is 0 Å². The van der Waals surface area contributed by atoms with Crippen LogP contribution < -0.4 is 0 Å². The van der Waals surface area contributed by atoms with Crippen LogP contribution in [0.2, 0.25) is 0 Å². The summed E-state index contributed by atoms with van der Waals surface area (Å²) in [6.07, 6.45) is 4.75. The van der Waals surface area contributed by atoms with Crippen LogP contribution in [-0.2, 0) is 6.42 Å². The molecule has 2 rings (SSSR count). The quantitative estimate of drug-likeness (QED) is 0.678. The number of fused-ring (bicyclic) bond motifs is 1. The third-order valence-corrected chi connectivity index (χ3v) is 2.80. The van der Waals surface area contributed by atoms with E-state index in [9.17, 15) is 4.91 Å². The molecule has 0 saturated carbocycles. The van der Waals surface area contributed by atoms with Gasteiger partial charge in [-0.3, -0.25) is 4.68 Å². The van der Waals surface area contributed by atoms with Crippen molar-refractivity contribution in [1.82, 2.24) is 9.78 Å². The predicted octanol–water partition coefficient (Wildman–Crippen LogP) is 2.61. The Morgan fingerprint density at radius 3 is 3.07 bits per heavy atom. The van der Waals surface area contributed by atoms with Crippen LogP contribution in [-0.4, -0.2) is 9.78 Å². The second-order valence-corrected chi connectivity index (χ2v) is 4.10. The summed E-state index contributed by atoms with van der Waals surface area (Å²) < 4.78 is 2.01. The average Bonchev–Trinajstić information content (AvgIpc) is 2.60. The van der Waals surface area contributed by atoms with E-state index in [2.05, 4.69) is 24.1 Å². The van der Waals surface area contributed by atoms with Crippen LogP contribution in [0.15, 0.2) is 11.4 Å². The van der Waals surface area contributed by atoms with Crippen molar-refractivity contribution in [2.45, 2.75) is 45.2 Å². The molecule has 0 amide bonds. The summed E-state index contributed by atoms with van der Waals surface area (Å²) in [5.74, 6) is 0. The van der Waals surface area contributed by atoms with E-state index < -0.39 is 0 Å². The largest absolute Gasteiger partial charge is 0.267 e. The van der Waals surface area contributed by atoms with E-state index in [4.69, 9.17) is 0 Å². The average molecular weight is 193 g/mol. The summed E-state index contributed by atoms with van der Waals surface area (Å²) in [6, 6.07) is 0.204. The number of nitroso groups, excluding NO2 is 1. The van der Waals surface area contributed by atoms with Crippen LogP contribution >= 0.6 is 0 Å². The lowest BCUT2D eigenvalue weighted by atomic mass is 9.93. The van der Waals surface area contributed by atoms with E-state index in [1.807, 2.05) is 4.68 Å². The summed E-state index contributed by atoms with van der Waals surface area (Å²) in [5.41, 5.74) is 2.25. The Bertz CT molecular complexity index is 343. The van der Waals surface area contributed by atoms with Crippen LogP contribution in [0, 0.1) is 4.91 Å². The molecule has 14 heavy (non-hydrogen) atoms. The second-order valence-electron chi connectivity index (χ2n) is 4.10. The van der Waals surface area contributed by atoms with Crippen LogP contribution in [0.3, 0.4) is 0 Å². The van der Waals surface area contributed by atoms with Gasteiger partial charge in [-0.05, 0) is 33.1 Å². The number of aromatic nitrogens is 2. The maximum absolute atomic E-state index is 10.6. The standard InChI is InChI=1S/C10H15N3O/c1-7(2)13-10-5-3-4-9(12-14)8(10)6-11-13/h6-7,9H,3-5H2,1-2H3. The van der Waals surface area contributed by atoms with Gasteiger partial charge in [-0.25, -0.2) is 0 Å². The van der Waals surface area contributed by atoms with E-state index in [0.717, 1.165) is 24.8 Å². The zero-order valence-electron chi connectivity index (χ0n) is 8.60. The first-order valence-corrected chi connectivity index (χ1v) is 5.12. The van der Waals surface area contributed by atoms with E-state index in [1.54, 1.807) is 6.20 Å². The van der Waals surface area contributed by atoms with Gasteiger partial charge in [0.25, 0.3) is 0 Å². The lowest BCUT2D eigenvalue weighted by Crippen LogP contribution is -2.13. The maximum atomic E-state index is 10.6. The molecule has 0 saturated heterocycles. The summed E-state index contributed by atoms with van der Waals surface area (Å²) in [7, 11) is 0. The molecule has 4 heteroatoms. The molecule has 1 heterocycles. The predicted molar refractivity (Wildman–Crippen MR) is 54.1 cm³/mol. The van der Waals surface area contributed by atoms with Crippen LogP contribution in [0.4, 0.5) is 0 Å². The molecule has 4 nitrogen and oxygen atoms in total. The molecule has 1 aromatic rings. The van der Waals surface area contributed by atoms with Crippen LogP contribution in [0.25, 0.3) is 0 Å². The van der Waals surface area contributed by atoms with Gasteiger partial charge in [0.05, 0.1) is 6.20 Å². The molecule has 0 radical (unpaired) electrons. The van der Waals surface area contributed by atoms with Crippen molar-refractivity contribution in [3.63, 3.8) is 0 Å². The molecule has 76 valence electrons. The summed E-state index contributed by atoms with van der Waals surface area (Å²) >= 11 is 0. The van der Waals surface area contributed by atoms with E-state index in [-0.39, 0.29) is 6.04 Å². The Hall–Kier alpha value is -1.19.